The fourth-order valence-electron chi connectivity index (χ4n) is 2.20. The topological polar surface area (TPSA) is 24.9 Å². The predicted molar refractivity (Wildman–Crippen MR) is 63.0 cm³/mol. The molecule has 0 unspecified atom stereocenters. The van der Waals surface area contributed by atoms with E-state index < -0.39 is 0 Å². The Morgan fingerprint density at radius 1 is 1.40 bits per heavy atom. The van der Waals surface area contributed by atoms with E-state index in [0.29, 0.717) is 0 Å². The van der Waals surface area contributed by atoms with Gasteiger partial charge in [-0.1, -0.05) is 13.0 Å². The molecule has 0 spiro atoms. The van der Waals surface area contributed by atoms with Crippen LogP contribution in [0.5, 0.6) is 0 Å². The smallest absolute Gasteiger partial charge is 0.0439 e. The molecule has 15 heavy (non-hydrogen) atoms. The number of nitrogens with zero attached hydrogens (tertiary/aromatic N) is 1. The highest BCUT2D eigenvalue weighted by Crippen LogP contribution is 2.22. The number of nitrogens with one attached hydrogen (secondary N) is 1. The quantitative estimate of drug-likeness (QED) is 0.762. The molecule has 0 aromatic carbocycles. The lowest BCUT2D eigenvalue weighted by atomic mass is 10.1. The molecule has 1 aromatic rings. The summed E-state index contributed by atoms with van der Waals surface area (Å²) < 4.78 is 0. The zero-order chi connectivity index (χ0) is 10.7. The van der Waals surface area contributed by atoms with Crippen LogP contribution in [0.4, 0.5) is 0 Å². The summed E-state index contributed by atoms with van der Waals surface area (Å²) in [5.74, 6) is 0. The SMILES string of the molecule is CCCNCc1cc2c(nc1C)CCC2. The third-order valence-corrected chi connectivity index (χ3v) is 3.09. The molecule has 0 atom stereocenters. The first kappa shape index (κ1) is 10.6. The lowest BCUT2D eigenvalue weighted by Crippen LogP contribution is -2.15. The van der Waals surface area contributed by atoms with Gasteiger partial charge in [-0.25, -0.2) is 0 Å². The molecule has 0 radical (unpaired) electrons. The highest BCUT2D eigenvalue weighted by atomic mass is 14.9. The van der Waals surface area contributed by atoms with E-state index in [9.17, 15) is 0 Å². The highest BCUT2D eigenvalue weighted by Gasteiger charge is 2.14. The van der Waals surface area contributed by atoms with Crippen molar-refractivity contribution >= 4 is 0 Å². The summed E-state index contributed by atoms with van der Waals surface area (Å²) in [4.78, 5) is 4.69. The molecule has 0 saturated heterocycles. The summed E-state index contributed by atoms with van der Waals surface area (Å²) >= 11 is 0. The van der Waals surface area contributed by atoms with Crippen LogP contribution in [0.1, 0.15) is 42.3 Å². The van der Waals surface area contributed by atoms with Crippen molar-refractivity contribution in [1.29, 1.82) is 0 Å². The van der Waals surface area contributed by atoms with Crippen molar-refractivity contribution < 1.29 is 0 Å². The Bertz CT molecular complexity index is 345. The summed E-state index contributed by atoms with van der Waals surface area (Å²) in [6.45, 7) is 6.39. The first-order valence-electron chi connectivity index (χ1n) is 6.00. The number of aromatic nitrogens is 1. The van der Waals surface area contributed by atoms with Gasteiger partial charge in [-0.15, -0.1) is 0 Å². The van der Waals surface area contributed by atoms with Crippen molar-refractivity contribution in [3.05, 3.63) is 28.6 Å². The Morgan fingerprint density at radius 3 is 3.07 bits per heavy atom. The molecule has 0 bridgehead atoms. The van der Waals surface area contributed by atoms with Crippen molar-refractivity contribution in [3.8, 4) is 0 Å². The maximum atomic E-state index is 4.69. The minimum Gasteiger partial charge on any atom is -0.313 e. The molecule has 0 amide bonds. The van der Waals surface area contributed by atoms with E-state index in [0.717, 1.165) is 13.1 Å². The zero-order valence-electron chi connectivity index (χ0n) is 9.77. The molecule has 2 heteroatoms. The number of aryl methyl sites for hydroxylation is 3. The molecule has 82 valence electrons. The molecule has 0 saturated carbocycles. The lowest BCUT2D eigenvalue weighted by molar-refractivity contribution is 0.670. The van der Waals surface area contributed by atoms with Gasteiger partial charge in [-0.05, 0) is 50.3 Å². The largest absolute Gasteiger partial charge is 0.313 e. The van der Waals surface area contributed by atoms with Crippen LogP contribution >= 0.6 is 0 Å². The zero-order valence-corrected chi connectivity index (χ0v) is 9.77. The molecule has 2 nitrogen and oxygen atoms in total. The summed E-state index contributed by atoms with van der Waals surface area (Å²) in [5.41, 5.74) is 5.41. The van der Waals surface area contributed by atoms with Gasteiger partial charge >= 0.3 is 0 Å². The monoisotopic (exact) mass is 204 g/mol. The van der Waals surface area contributed by atoms with Crippen molar-refractivity contribution in [2.45, 2.75) is 46.1 Å². The number of hydrogen-bond acceptors (Lipinski definition) is 2. The van der Waals surface area contributed by atoms with Crippen molar-refractivity contribution in [2.24, 2.45) is 0 Å². The van der Waals surface area contributed by atoms with Gasteiger partial charge in [0.2, 0.25) is 0 Å². The molecule has 0 aliphatic heterocycles. The minimum absolute atomic E-state index is 0.972. The molecule has 1 aliphatic rings. The molecular formula is C13H20N2. The lowest BCUT2D eigenvalue weighted by Gasteiger charge is -2.09. The Morgan fingerprint density at radius 2 is 2.27 bits per heavy atom. The van der Waals surface area contributed by atoms with E-state index in [1.807, 2.05) is 0 Å². The number of rotatable bonds is 4. The molecule has 0 fully saturated rings. The van der Waals surface area contributed by atoms with Gasteiger partial charge in [0.05, 0.1) is 0 Å². The fourth-order valence-corrected chi connectivity index (χ4v) is 2.20. The van der Waals surface area contributed by atoms with Crippen LogP contribution in [0.2, 0.25) is 0 Å². The van der Waals surface area contributed by atoms with Gasteiger partial charge in [0.25, 0.3) is 0 Å². The highest BCUT2D eigenvalue weighted by molar-refractivity contribution is 5.32. The van der Waals surface area contributed by atoms with Crippen LogP contribution in [0, 0.1) is 6.92 Å². The van der Waals surface area contributed by atoms with Gasteiger partial charge in [0.1, 0.15) is 0 Å². The van der Waals surface area contributed by atoms with Gasteiger partial charge in [0.15, 0.2) is 0 Å². The van der Waals surface area contributed by atoms with Crippen LogP contribution in [-0.4, -0.2) is 11.5 Å². The van der Waals surface area contributed by atoms with Crippen molar-refractivity contribution in [2.75, 3.05) is 6.54 Å². The van der Waals surface area contributed by atoms with Crippen LogP contribution in [0.15, 0.2) is 6.07 Å². The molecule has 2 rings (SSSR count). The standard InChI is InChI=1S/C13H20N2/c1-3-7-14-9-12-8-11-5-4-6-13(11)15-10(12)2/h8,14H,3-7,9H2,1-2H3. The average molecular weight is 204 g/mol. The Balaban J connectivity index is 2.10. The van der Waals surface area contributed by atoms with Crippen LogP contribution in [0.25, 0.3) is 0 Å². The van der Waals surface area contributed by atoms with Crippen LogP contribution in [0.3, 0.4) is 0 Å². The number of fused-ring (bicyclic) bond motifs is 1. The van der Waals surface area contributed by atoms with Crippen molar-refractivity contribution in [3.63, 3.8) is 0 Å². The third kappa shape index (κ3) is 2.37. The first-order valence-corrected chi connectivity index (χ1v) is 6.00. The Kier molecular flexibility index (Phi) is 3.37. The second kappa shape index (κ2) is 4.75. The fraction of sp³-hybridized carbons (Fsp3) is 0.615. The van der Waals surface area contributed by atoms with E-state index >= 15 is 0 Å². The predicted octanol–water partition coefficient (Wildman–Crippen LogP) is 2.38. The van der Waals surface area contributed by atoms with E-state index in [1.54, 1.807) is 0 Å². The normalized spacial score (nSPS) is 14.3. The minimum atomic E-state index is 0.972. The molecule has 1 heterocycles. The third-order valence-electron chi connectivity index (χ3n) is 3.09. The van der Waals surface area contributed by atoms with Gasteiger partial charge in [-0.3, -0.25) is 4.98 Å². The first-order chi connectivity index (χ1) is 7.31. The van der Waals surface area contributed by atoms with E-state index in [4.69, 9.17) is 4.98 Å². The average Bonchev–Trinajstić information content (AvgIpc) is 2.65. The number of pyridine rings is 1. The van der Waals surface area contributed by atoms with Gasteiger partial charge in [-0.2, -0.15) is 0 Å². The molecule has 1 N–H and O–H groups in total. The second-order valence-electron chi connectivity index (χ2n) is 4.37. The van der Waals surface area contributed by atoms with E-state index in [1.165, 1.54) is 48.2 Å². The second-order valence-corrected chi connectivity index (χ2v) is 4.37. The number of hydrogen-bond donors (Lipinski definition) is 1. The summed E-state index contributed by atoms with van der Waals surface area (Å²) in [6.07, 6.45) is 4.88. The summed E-state index contributed by atoms with van der Waals surface area (Å²) in [6, 6.07) is 2.35. The Hall–Kier alpha value is -0.890. The van der Waals surface area contributed by atoms with Gasteiger partial charge < -0.3 is 5.32 Å². The maximum Gasteiger partial charge on any atom is 0.0439 e. The molecular weight excluding hydrogens is 184 g/mol. The van der Waals surface area contributed by atoms with Crippen molar-refractivity contribution in [1.82, 2.24) is 10.3 Å². The van der Waals surface area contributed by atoms with Crippen LogP contribution in [-0.2, 0) is 19.4 Å². The van der Waals surface area contributed by atoms with E-state index in [-0.39, 0.29) is 0 Å². The van der Waals surface area contributed by atoms with E-state index in [2.05, 4.69) is 25.2 Å². The van der Waals surface area contributed by atoms with Crippen LogP contribution < -0.4 is 5.32 Å². The molecule has 1 aromatic heterocycles. The summed E-state index contributed by atoms with van der Waals surface area (Å²) in [7, 11) is 0. The Labute approximate surface area is 92.1 Å². The summed E-state index contributed by atoms with van der Waals surface area (Å²) in [5, 5.41) is 3.44. The maximum absolute atomic E-state index is 4.69. The molecule has 1 aliphatic carbocycles. The van der Waals surface area contributed by atoms with Gasteiger partial charge in [0, 0.05) is 17.9 Å².